The zero-order chi connectivity index (χ0) is 31.1. The van der Waals surface area contributed by atoms with Gasteiger partial charge < -0.3 is 9.47 Å². The number of nitrogens with one attached hydrogen (secondary N) is 1. The fraction of sp³-hybridized carbons (Fsp3) is 0.276. The summed E-state index contributed by atoms with van der Waals surface area (Å²) in [7, 11) is 0. The Balaban J connectivity index is 0.000000274. The van der Waals surface area contributed by atoms with E-state index in [-0.39, 0.29) is 16.4 Å². The van der Waals surface area contributed by atoms with Crippen LogP contribution in [0.25, 0.3) is 10.8 Å². The van der Waals surface area contributed by atoms with Crippen LogP contribution in [-0.4, -0.2) is 49.2 Å². The molecule has 0 aliphatic carbocycles. The second kappa shape index (κ2) is 13.5. The van der Waals surface area contributed by atoms with Crippen molar-refractivity contribution in [2.75, 3.05) is 10.2 Å². The molecule has 0 radical (unpaired) electrons. The van der Waals surface area contributed by atoms with Crippen molar-refractivity contribution in [1.29, 1.82) is 0 Å². The molecule has 4 rings (SSSR count). The Labute approximate surface area is 253 Å². The zero-order valence-electron chi connectivity index (χ0n) is 23.9. The highest BCUT2D eigenvalue weighted by Crippen LogP contribution is 2.22. The van der Waals surface area contributed by atoms with E-state index in [9.17, 15) is 14.4 Å². The number of halogens is 2. The van der Waals surface area contributed by atoms with E-state index < -0.39 is 29.3 Å². The Bertz CT molecular complexity index is 1590. The van der Waals surface area contributed by atoms with E-state index in [4.69, 9.17) is 32.7 Å². The summed E-state index contributed by atoms with van der Waals surface area (Å²) in [6, 6.07) is 15.8. The van der Waals surface area contributed by atoms with Crippen molar-refractivity contribution < 1.29 is 23.9 Å². The van der Waals surface area contributed by atoms with Crippen molar-refractivity contribution >= 4 is 63.7 Å². The Morgan fingerprint density at radius 3 is 1.95 bits per heavy atom. The van der Waals surface area contributed by atoms with Gasteiger partial charge in [-0.15, -0.1) is 0 Å². The number of benzene rings is 2. The molecule has 0 spiro atoms. The first kappa shape index (κ1) is 32.2. The van der Waals surface area contributed by atoms with E-state index in [0.29, 0.717) is 11.4 Å². The third-order valence-electron chi connectivity index (χ3n) is 4.87. The van der Waals surface area contributed by atoms with Gasteiger partial charge in [-0.3, -0.25) is 10.1 Å². The number of carbonyl (C=O) groups excluding carboxylic acids is 3. The summed E-state index contributed by atoms with van der Waals surface area (Å²) in [4.78, 5) is 53.3. The van der Waals surface area contributed by atoms with Crippen LogP contribution in [0.5, 0.6) is 0 Å². The molecule has 2 aromatic carbocycles. The van der Waals surface area contributed by atoms with Gasteiger partial charge in [-0.05, 0) is 93.7 Å². The predicted octanol–water partition coefficient (Wildman–Crippen LogP) is 7.34. The second-order valence-electron chi connectivity index (χ2n) is 10.7. The highest BCUT2D eigenvalue weighted by molar-refractivity contribution is 6.28. The van der Waals surface area contributed by atoms with Gasteiger partial charge in [0.25, 0.3) is 5.91 Å². The van der Waals surface area contributed by atoms with Crippen LogP contribution in [0.1, 0.15) is 51.9 Å². The van der Waals surface area contributed by atoms with E-state index in [1.165, 1.54) is 24.5 Å². The fourth-order valence-corrected chi connectivity index (χ4v) is 3.59. The quantitative estimate of drug-likeness (QED) is 0.235. The number of imide groups is 1. The van der Waals surface area contributed by atoms with Crippen LogP contribution in [0, 0.1) is 0 Å². The average molecular weight is 614 g/mol. The van der Waals surface area contributed by atoms with Gasteiger partial charge in [0.2, 0.25) is 10.6 Å². The molecule has 4 aromatic rings. The number of carbonyl (C=O) groups is 3. The number of rotatable bonds is 3. The van der Waals surface area contributed by atoms with Gasteiger partial charge >= 0.3 is 12.2 Å². The minimum absolute atomic E-state index is 0.0439. The minimum Gasteiger partial charge on any atom is -0.444 e. The lowest BCUT2D eigenvalue weighted by molar-refractivity contribution is 0.0560. The van der Waals surface area contributed by atoms with E-state index >= 15 is 0 Å². The second-order valence-corrected chi connectivity index (χ2v) is 11.4. The predicted molar refractivity (Wildman–Crippen MR) is 161 cm³/mol. The Hall–Kier alpha value is -4.35. The molecule has 0 saturated carbocycles. The van der Waals surface area contributed by atoms with Crippen LogP contribution in [0.4, 0.5) is 21.2 Å². The van der Waals surface area contributed by atoms with Crippen LogP contribution in [-0.2, 0) is 9.47 Å². The summed E-state index contributed by atoms with van der Waals surface area (Å²) >= 11 is 11.4. The molecule has 42 heavy (non-hydrogen) atoms. The number of fused-ring (bicyclic) bond motifs is 1. The maximum Gasteiger partial charge on any atom is 0.423 e. The molecule has 13 heteroatoms. The van der Waals surface area contributed by atoms with Gasteiger partial charge in [-0.25, -0.2) is 24.5 Å². The van der Waals surface area contributed by atoms with Gasteiger partial charge in [0.15, 0.2) is 5.82 Å². The molecule has 2 heterocycles. The van der Waals surface area contributed by atoms with Gasteiger partial charge in [0.1, 0.15) is 17.0 Å². The van der Waals surface area contributed by atoms with Crippen molar-refractivity contribution in [2.24, 2.45) is 0 Å². The van der Waals surface area contributed by atoms with Crippen molar-refractivity contribution in [3.05, 3.63) is 83.1 Å². The maximum atomic E-state index is 13.1. The molecule has 0 saturated heterocycles. The van der Waals surface area contributed by atoms with E-state index in [2.05, 4.69) is 25.3 Å². The summed E-state index contributed by atoms with van der Waals surface area (Å²) in [5, 5.41) is 4.31. The monoisotopic (exact) mass is 612 g/mol. The van der Waals surface area contributed by atoms with Crippen molar-refractivity contribution in [1.82, 2.24) is 19.9 Å². The van der Waals surface area contributed by atoms with Crippen LogP contribution in [0.2, 0.25) is 10.6 Å². The lowest BCUT2D eigenvalue weighted by Crippen LogP contribution is -2.41. The van der Waals surface area contributed by atoms with Crippen molar-refractivity contribution in [3.63, 3.8) is 0 Å². The third-order valence-corrected chi connectivity index (χ3v) is 5.24. The zero-order valence-corrected chi connectivity index (χ0v) is 25.4. The number of amides is 3. The van der Waals surface area contributed by atoms with Gasteiger partial charge in [0, 0.05) is 24.0 Å². The molecule has 11 nitrogen and oxygen atoms in total. The Morgan fingerprint density at radius 2 is 1.36 bits per heavy atom. The van der Waals surface area contributed by atoms with Gasteiger partial charge in [-0.1, -0.05) is 30.3 Å². The number of ether oxygens (including phenoxy) is 2. The summed E-state index contributed by atoms with van der Waals surface area (Å²) < 4.78 is 10.4. The molecule has 220 valence electrons. The number of hydrogen-bond acceptors (Lipinski definition) is 9. The normalized spacial score (nSPS) is 11.1. The molecule has 0 bridgehead atoms. The molecule has 1 N–H and O–H groups in total. The van der Waals surface area contributed by atoms with Crippen molar-refractivity contribution in [2.45, 2.75) is 52.7 Å². The molecular weight excluding hydrogens is 583 g/mol. The van der Waals surface area contributed by atoms with Crippen LogP contribution in [0.15, 0.2) is 67.0 Å². The van der Waals surface area contributed by atoms with Crippen LogP contribution < -0.4 is 10.2 Å². The van der Waals surface area contributed by atoms with E-state index in [0.717, 1.165) is 15.7 Å². The SMILES string of the molecule is CC(C)(C)OC(=O)N(C(=O)c1ccc2ccccc2c1)c1ccnc(Cl)n1.CC(C)(C)OC(=O)Nc1ccnc(Cl)n1. The Morgan fingerprint density at radius 1 is 0.762 bits per heavy atom. The average Bonchev–Trinajstić information content (AvgIpc) is 2.87. The van der Waals surface area contributed by atoms with Gasteiger partial charge in [-0.2, -0.15) is 9.88 Å². The highest BCUT2D eigenvalue weighted by Gasteiger charge is 2.31. The lowest BCUT2D eigenvalue weighted by Gasteiger charge is -2.25. The van der Waals surface area contributed by atoms with E-state index in [1.807, 2.05) is 30.3 Å². The molecule has 0 unspecified atom stereocenters. The first-order chi connectivity index (χ1) is 19.6. The first-order valence-corrected chi connectivity index (χ1v) is 13.4. The number of hydrogen-bond donors (Lipinski definition) is 1. The topological polar surface area (TPSA) is 136 Å². The summed E-state index contributed by atoms with van der Waals surface area (Å²) in [6.45, 7) is 10.5. The summed E-state index contributed by atoms with van der Waals surface area (Å²) in [5.74, 6) is -0.212. The number of anilines is 2. The van der Waals surface area contributed by atoms with Crippen molar-refractivity contribution in [3.8, 4) is 0 Å². The molecular formula is C29H30Cl2N6O5. The third kappa shape index (κ3) is 9.93. The van der Waals surface area contributed by atoms with Crippen LogP contribution >= 0.6 is 23.2 Å². The summed E-state index contributed by atoms with van der Waals surface area (Å²) in [5.41, 5.74) is -0.995. The largest absolute Gasteiger partial charge is 0.444 e. The number of nitrogens with zero attached hydrogens (tertiary/aromatic N) is 5. The molecule has 0 aliphatic heterocycles. The van der Waals surface area contributed by atoms with Crippen LogP contribution in [0.3, 0.4) is 0 Å². The summed E-state index contributed by atoms with van der Waals surface area (Å²) in [6.07, 6.45) is 1.41. The smallest absolute Gasteiger partial charge is 0.423 e. The number of aromatic nitrogens is 4. The molecule has 2 aromatic heterocycles. The fourth-order valence-electron chi connectivity index (χ4n) is 3.30. The molecule has 0 fully saturated rings. The first-order valence-electron chi connectivity index (χ1n) is 12.6. The molecule has 3 amide bonds. The maximum absolute atomic E-state index is 13.1. The molecule has 0 atom stereocenters. The minimum atomic E-state index is -0.838. The lowest BCUT2D eigenvalue weighted by atomic mass is 10.1. The Kier molecular flexibility index (Phi) is 10.4. The molecule has 0 aliphatic rings. The van der Waals surface area contributed by atoms with Gasteiger partial charge in [0.05, 0.1) is 0 Å². The highest BCUT2D eigenvalue weighted by atomic mass is 35.5. The van der Waals surface area contributed by atoms with E-state index in [1.54, 1.807) is 53.7 Å². The standard InChI is InChI=1S/C20H18ClN3O3.C9H12ClN3O2/c1-20(2,3)27-19(26)24(16-10-11-22-18(21)23-16)17(25)15-9-8-13-6-4-5-7-14(13)12-15;1-9(2,3)15-8(14)13-6-4-5-11-7(10)12-6/h4-12H,1-3H3;4-5H,1-3H3,(H,11,12,13,14).